The van der Waals surface area contributed by atoms with Gasteiger partial charge in [0.25, 0.3) is 0 Å². The number of aliphatic hydroxyl groups is 4. The van der Waals surface area contributed by atoms with Gasteiger partial charge in [0.1, 0.15) is 0 Å². The van der Waals surface area contributed by atoms with E-state index < -0.39 is 0 Å². The molecule has 0 aliphatic carbocycles. The Hall–Kier alpha value is -1.62. The van der Waals surface area contributed by atoms with E-state index in [2.05, 4.69) is 0 Å². The van der Waals surface area contributed by atoms with E-state index >= 15 is 0 Å². The molecule has 4 N–H and O–H groups in total. The Kier molecular flexibility index (Phi) is 21.2. The first-order valence-electron chi connectivity index (χ1n) is 8.19. The zero-order chi connectivity index (χ0) is 19.5. The van der Waals surface area contributed by atoms with Gasteiger partial charge in [-0.15, -0.1) is 0 Å². The summed E-state index contributed by atoms with van der Waals surface area (Å²) in [5.74, 6) is 0. The first kappa shape index (κ1) is 27.6. The molecule has 0 aliphatic rings. The molecule has 0 bridgehead atoms. The molecule has 0 aliphatic heterocycles. The molecule has 144 valence electrons. The third-order valence-corrected chi connectivity index (χ3v) is 3.08. The van der Waals surface area contributed by atoms with Gasteiger partial charge in [0.15, 0.2) is 0 Å². The molecule has 0 unspecified atom stereocenters. The predicted octanol–water partition coefficient (Wildman–Crippen LogP) is 3.14. The summed E-state index contributed by atoms with van der Waals surface area (Å²) in [6.45, 7) is 0.419. The van der Waals surface area contributed by atoms with Gasteiger partial charge in [-0.05, 0) is 16.7 Å². The van der Waals surface area contributed by atoms with Crippen LogP contribution in [0.5, 0.6) is 0 Å². The molecule has 4 nitrogen and oxygen atoms in total. The van der Waals surface area contributed by atoms with Gasteiger partial charge in [-0.25, -0.2) is 0 Å². The van der Waals surface area contributed by atoms with E-state index in [4.69, 9.17) is 20.4 Å². The van der Waals surface area contributed by atoms with Crippen LogP contribution >= 0.6 is 0 Å². The molecule has 3 aromatic carbocycles. The van der Waals surface area contributed by atoms with E-state index in [-0.39, 0.29) is 46.0 Å². The van der Waals surface area contributed by atoms with Crippen molar-refractivity contribution in [3.8, 4) is 0 Å². The maximum absolute atomic E-state index is 8.54. The van der Waals surface area contributed by atoms with Crippen molar-refractivity contribution in [1.82, 2.24) is 0 Å². The molecule has 27 heavy (non-hydrogen) atoms. The van der Waals surface area contributed by atoms with E-state index in [0.717, 1.165) is 23.8 Å². The largest absolute Gasteiger partial charge is 0.400 e. The minimum Gasteiger partial charge on any atom is -0.400 e. The van der Waals surface area contributed by atoms with Crippen molar-refractivity contribution in [3.63, 3.8) is 0 Å². The van der Waals surface area contributed by atoms with Crippen molar-refractivity contribution in [3.05, 3.63) is 108 Å². The maximum Gasteiger partial charge on any atom is 0.0681 e. The molecule has 0 aromatic heterocycles. The van der Waals surface area contributed by atoms with Crippen LogP contribution in [0.1, 0.15) is 16.7 Å². The predicted molar refractivity (Wildman–Crippen MR) is 105 cm³/mol. The summed E-state index contributed by atoms with van der Waals surface area (Å²) in [7, 11) is 1.00. The average Bonchev–Trinajstić information content (AvgIpc) is 2.77. The summed E-state index contributed by atoms with van der Waals surface area (Å²) in [4.78, 5) is 0. The fourth-order valence-corrected chi connectivity index (χ4v) is 1.75. The molecule has 0 saturated heterocycles. The molecule has 0 atom stereocenters. The fourth-order valence-electron chi connectivity index (χ4n) is 1.75. The number of hydrogen-bond acceptors (Lipinski definition) is 4. The summed E-state index contributed by atoms with van der Waals surface area (Å²) in [5.41, 5.74) is 2.90. The van der Waals surface area contributed by atoms with E-state index in [0.29, 0.717) is 0 Å². The molecule has 3 aromatic rings. The van der Waals surface area contributed by atoms with Crippen molar-refractivity contribution in [1.29, 1.82) is 0 Å². The van der Waals surface area contributed by atoms with Crippen molar-refractivity contribution < 1.29 is 46.6 Å². The topological polar surface area (TPSA) is 80.9 Å². The molecule has 0 fully saturated rings. The Labute approximate surface area is 180 Å². The van der Waals surface area contributed by atoms with Crippen molar-refractivity contribution in [2.24, 2.45) is 0 Å². The van der Waals surface area contributed by atoms with E-state index in [1.807, 2.05) is 91.0 Å². The van der Waals surface area contributed by atoms with Crippen LogP contribution in [0, 0.1) is 0 Å². The number of benzene rings is 3. The smallest absolute Gasteiger partial charge is 0.0681 e. The van der Waals surface area contributed by atoms with Gasteiger partial charge < -0.3 is 20.4 Å². The molecule has 0 spiro atoms. The van der Waals surface area contributed by atoms with Crippen LogP contribution in [0.15, 0.2) is 91.0 Å². The monoisotopic (exact) mass is 446 g/mol. The van der Waals surface area contributed by atoms with Crippen LogP contribution in [0.25, 0.3) is 0 Å². The van der Waals surface area contributed by atoms with Crippen LogP contribution in [-0.2, 0) is 46.0 Å². The Morgan fingerprint density at radius 2 is 0.630 bits per heavy atom. The van der Waals surface area contributed by atoms with Crippen molar-refractivity contribution in [2.45, 2.75) is 19.8 Å². The second kappa shape index (κ2) is 20.7. The van der Waals surface area contributed by atoms with Gasteiger partial charge in [0.05, 0.1) is 19.8 Å². The molecular formula is C22H28O4Zr. The first-order chi connectivity index (χ1) is 12.8. The Balaban J connectivity index is 0. The van der Waals surface area contributed by atoms with E-state index in [9.17, 15) is 0 Å². The van der Waals surface area contributed by atoms with Gasteiger partial charge in [-0.1, -0.05) is 91.0 Å². The minimum absolute atomic E-state index is 0. The zero-order valence-corrected chi connectivity index (χ0v) is 18.0. The summed E-state index contributed by atoms with van der Waals surface area (Å²) >= 11 is 0. The summed E-state index contributed by atoms with van der Waals surface area (Å²) in [5, 5.41) is 32.6. The van der Waals surface area contributed by atoms with Gasteiger partial charge in [-0.3, -0.25) is 0 Å². The van der Waals surface area contributed by atoms with Crippen LogP contribution < -0.4 is 0 Å². The van der Waals surface area contributed by atoms with Gasteiger partial charge in [0, 0.05) is 33.3 Å². The Morgan fingerprint density at radius 1 is 0.444 bits per heavy atom. The second-order valence-electron chi connectivity index (χ2n) is 4.93. The van der Waals surface area contributed by atoms with Crippen molar-refractivity contribution >= 4 is 0 Å². The summed E-state index contributed by atoms with van der Waals surface area (Å²) in [6, 6.07) is 28.6. The normalized spacial score (nSPS) is 8.33. The summed E-state index contributed by atoms with van der Waals surface area (Å²) < 4.78 is 0. The summed E-state index contributed by atoms with van der Waals surface area (Å²) in [6.07, 6.45) is 0. The third kappa shape index (κ3) is 15.2. The average molecular weight is 448 g/mol. The number of aliphatic hydroxyl groups excluding tert-OH is 4. The van der Waals surface area contributed by atoms with Gasteiger partial charge in [-0.2, -0.15) is 0 Å². The molecule has 0 heterocycles. The second-order valence-corrected chi connectivity index (χ2v) is 4.93. The molecule has 0 radical (unpaired) electrons. The third-order valence-electron chi connectivity index (χ3n) is 3.08. The van der Waals surface area contributed by atoms with Crippen molar-refractivity contribution in [2.75, 3.05) is 7.11 Å². The van der Waals surface area contributed by atoms with Crippen LogP contribution in [-0.4, -0.2) is 27.5 Å². The molecular weight excluding hydrogens is 419 g/mol. The van der Waals surface area contributed by atoms with E-state index in [1.54, 1.807) is 0 Å². The number of hydrogen-bond donors (Lipinski definition) is 4. The van der Waals surface area contributed by atoms with Gasteiger partial charge in [0.2, 0.25) is 0 Å². The fraction of sp³-hybridized carbons (Fsp3) is 0.182. The molecule has 0 saturated carbocycles. The minimum atomic E-state index is 0. The SMILES string of the molecule is CO.OCc1ccccc1.OCc1ccccc1.OCc1ccccc1.[Zr]. The molecule has 3 rings (SSSR count). The maximum atomic E-state index is 8.54. The molecule has 5 heteroatoms. The quantitative estimate of drug-likeness (QED) is 0.497. The van der Waals surface area contributed by atoms with E-state index in [1.165, 1.54) is 0 Å². The standard InChI is InChI=1S/3C7H8O.CH4O.Zr/c3*8-6-7-4-2-1-3-5-7;1-2;/h3*1-5,8H,6H2;2H,1H3;. The Bertz CT molecular complexity index is 540. The number of rotatable bonds is 3. The first-order valence-corrected chi connectivity index (χ1v) is 8.19. The Morgan fingerprint density at radius 3 is 0.741 bits per heavy atom. The van der Waals surface area contributed by atoms with Gasteiger partial charge >= 0.3 is 0 Å². The zero-order valence-electron chi connectivity index (χ0n) is 15.6. The van der Waals surface area contributed by atoms with Crippen LogP contribution in [0.2, 0.25) is 0 Å². The van der Waals surface area contributed by atoms with Crippen LogP contribution in [0.4, 0.5) is 0 Å². The van der Waals surface area contributed by atoms with Crippen LogP contribution in [0.3, 0.4) is 0 Å². The molecule has 0 amide bonds.